The van der Waals surface area contributed by atoms with E-state index >= 15 is 0 Å². The van der Waals surface area contributed by atoms with Crippen LogP contribution in [0.3, 0.4) is 0 Å². The zero-order valence-electron chi connectivity index (χ0n) is 16.4. The summed E-state index contributed by atoms with van der Waals surface area (Å²) in [4.78, 5) is 0. The number of benzene rings is 2. The number of fused-ring (bicyclic) bond motifs is 1. The summed E-state index contributed by atoms with van der Waals surface area (Å²) in [5.41, 5.74) is 0.206. The molecular weight excluding hydrogens is 324 g/mol. The number of hydrogen-bond donors (Lipinski definition) is 3. The van der Waals surface area contributed by atoms with Crippen LogP contribution in [0.15, 0.2) is 42.5 Å². The lowest BCUT2D eigenvalue weighted by Gasteiger charge is -2.47. The van der Waals surface area contributed by atoms with Gasteiger partial charge in [-0.1, -0.05) is 30.3 Å². The topological polar surface area (TPSA) is 53.5 Å². The van der Waals surface area contributed by atoms with Crippen LogP contribution in [0.1, 0.15) is 40.5 Å². The third-order valence-corrected chi connectivity index (χ3v) is 5.00. The van der Waals surface area contributed by atoms with Crippen LogP contribution < -0.4 is 15.4 Å². The molecule has 2 aromatic rings. The molecule has 4 heteroatoms. The van der Waals surface area contributed by atoms with E-state index in [0.717, 1.165) is 24.0 Å². The molecule has 142 valence electrons. The van der Waals surface area contributed by atoms with Crippen molar-refractivity contribution < 1.29 is 9.84 Å². The number of hydrogen-bond acceptors (Lipinski definition) is 4. The third kappa shape index (κ3) is 5.19. The maximum absolute atomic E-state index is 10.3. The molecule has 26 heavy (non-hydrogen) atoms. The number of nitrogens with one attached hydrogen (secondary N) is 2. The van der Waals surface area contributed by atoms with Gasteiger partial charge < -0.3 is 20.5 Å². The Hall–Kier alpha value is -1.62. The van der Waals surface area contributed by atoms with Crippen molar-refractivity contribution in [3.63, 3.8) is 0 Å². The zero-order chi connectivity index (χ0) is 18.8. The quantitative estimate of drug-likeness (QED) is 0.742. The highest BCUT2D eigenvalue weighted by Gasteiger charge is 2.37. The average molecular weight is 357 g/mol. The summed E-state index contributed by atoms with van der Waals surface area (Å²) < 4.78 is 5.80. The summed E-state index contributed by atoms with van der Waals surface area (Å²) in [6.07, 6.45) is 1.58. The highest BCUT2D eigenvalue weighted by molar-refractivity contribution is 5.83. The van der Waals surface area contributed by atoms with E-state index in [1.807, 2.05) is 24.3 Å². The molecule has 1 aliphatic heterocycles. The largest absolute Gasteiger partial charge is 0.491 e. The first kappa shape index (κ1) is 19.2. The van der Waals surface area contributed by atoms with Gasteiger partial charge in [0.1, 0.15) is 18.5 Å². The molecule has 2 aromatic carbocycles. The second-order valence-corrected chi connectivity index (χ2v) is 8.88. The molecule has 1 unspecified atom stereocenters. The van der Waals surface area contributed by atoms with Gasteiger partial charge in [-0.05, 0) is 63.4 Å². The van der Waals surface area contributed by atoms with Crippen LogP contribution in [0.4, 0.5) is 0 Å². The first-order chi connectivity index (χ1) is 12.2. The average Bonchev–Trinajstić information content (AvgIpc) is 2.55. The van der Waals surface area contributed by atoms with Gasteiger partial charge in [-0.25, -0.2) is 0 Å². The summed E-state index contributed by atoms with van der Waals surface area (Å²) in [7, 11) is 0. The smallest absolute Gasteiger partial charge is 0.120 e. The first-order valence-electron chi connectivity index (χ1n) is 9.55. The zero-order valence-corrected chi connectivity index (χ0v) is 16.4. The van der Waals surface area contributed by atoms with Gasteiger partial charge in [0.25, 0.3) is 0 Å². The summed E-state index contributed by atoms with van der Waals surface area (Å²) >= 11 is 0. The maximum atomic E-state index is 10.3. The Morgan fingerprint density at radius 2 is 1.73 bits per heavy atom. The molecule has 0 spiro atoms. The number of piperidine rings is 1. The molecule has 0 saturated carbocycles. The van der Waals surface area contributed by atoms with Crippen molar-refractivity contribution in [1.82, 2.24) is 10.6 Å². The molecule has 1 saturated heterocycles. The Balaban J connectivity index is 1.48. The molecule has 0 aliphatic carbocycles. The van der Waals surface area contributed by atoms with Crippen molar-refractivity contribution in [3.8, 4) is 5.75 Å². The Labute approximate surface area is 156 Å². The van der Waals surface area contributed by atoms with E-state index in [4.69, 9.17) is 4.74 Å². The second-order valence-electron chi connectivity index (χ2n) is 8.88. The fourth-order valence-electron chi connectivity index (χ4n) is 4.28. The van der Waals surface area contributed by atoms with E-state index in [9.17, 15) is 5.11 Å². The summed E-state index contributed by atoms with van der Waals surface area (Å²) in [5.74, 6) is 0.798. The lowest BCUT2D eigenvalue weighted by Crippen LogP contribution is -2.62. The number of rotatable bonds is 6. The molecule has 0 bridgehead atoms. The van der Waals surface area contributed by atoms with Crippen molar-refractivity contribution in [2.75, 3.05) is 13.2 Å². The Bertz CT molecular complexity index is 726. The van der Waals surface area contributed by atoms with Crippen molar-refractivity contribution in [1.29, 1.82) is 0 Å². The molecule has 1 atom stereocenters. The summed E-state index contributed by atoms with van der Waals surface area (Å²) in [6, 6.07) is 14.6. The SMILES string of the molecule is CC1(C)CC(NCC(O)COc2ccc3ccccc3c2)CC(C)(C)N1. The van der Waals surface area contributed by atoms with Crippen LogP contribution >= 0.6 is 0 Å². The van der Waals surface area contributed by atoms with Gasteiger partial charge in [0.2, 0.25) is 0 Å². The van der Waals surface area contributed by atoms with Crippen LogP contribution in [0.5, 0.6) is 5.75 Å². The summed E-state index contributed by atoms with van der Waals surface area (Å²) in [5, 5.41) is 19.9. The van der Waals surface area contributed by atoms with Gasteiger partial charge in [-0.2, -0.15) is 0 Å². The van der Waals surface area contributed by atoms with E-state index in [1.165, 1.54) is 5.39 Å². The highest BCUT2D eigenvalue weighted by Crippen LogP contribution is 2.28. The second kappa shape index (κ2) is 7.55. The monoisotopic (exact) mass is 356 g/mol. The van der Waals surface area contributed by atoms with Gasteiger partial charge in [0, 0.05) is 23.7 Å². The minimum atomic E-state index is -0.525. The Morgan fingerprint density at radius 1 is 1.08 bits per heavy atom. The number of aliphatic hydroxyl groups excluding tert-OH is 1. The van der Waals surface area contributed by atoms with E-state index in [-0.39, 0.29) is 11.1 Å². The van der Waals surface area contributed by atoms with Crippen LogP contribution in [0.25, 0.3) is 10.8 Å². The molecule has 0 aromatic heterocycles. The number of aliphatic hydroxyl groups is 1. The minimum absolute atomic E-state index is 0.103. The van der Waals surface area contributed by atoms with E-state index < -0.39 is 6.10 Å². The molecule has 0 radical (unpaired) electrons. The Kier molecular flexibility index (Phi) is 5.56. The molecule has 1 heterocycles. The van der Waals surface area contributed by atoms with Gasteiger partial charge in [-0.15, -0.1) is 0 Å². The fraction of sp³-hybridized carbons (Fsp3) is 0.545. The van der Waals surface area contributed by atoms with Gasteiger partial charge in [0.05, 0.1) is 0 Å². The normalized spacial score (nSPS) is 20.8. The van der Waals surface area contributed by atoms with Crippen molar-refractivity contribution in [2.45, 2.75) is 63.8 Å². The van der Waals surface area contributed by atoms with Crippen molar-refractivity contribution in [3.05, 3.63) is 42.5 Å². The highest BCUT2D eigenvalue weighted by atomic mass is 16.5. The number of ether oxygens (including phenoxy) is 1. The Morgan fingerprint density at radius 3 is 2.42 bits per heavy atom. The summed E-state index contributed by atoms with van der Waals surface area (Å²) in [6.45, 7) is 9.79. The molecule has 0 amide bonds. The van der Waals surface area contributed by atoms with Crippen molar-refractivity contribution >= 4 is 10.8 Å². The molecule has 3 rings (SSSR count). The molecule has 1 fully saturated rings. The molecule has 4 nitrogen and oxygen atoms in total. The van der Waals surface area contributed by atoms with E-state index in [2.05, 4.69) is 56.5 Å². The van der Waals surface area contributed by atoms with Crippen LogP contribution in [-0.4, -0.2) is 41.5 Å². The van der Waals surface area contributed by atoms with E-state index in [0.29, 0.717) is 19.2 Å². The predicted octanol–water partition coefficient (Wildman–Crippen LogP) is 3.48. The maximum Gasteiger partial charge on any atom is 0.120 e. The third-order valence-electron chi connectivity index (χ3n) is 5.00. The van der Waals surface area contributed by atoms with Gasteiger partial charge in [0.15, 0.2) is 0 Å². The van der Waals surface area contributed by atoms with Crippen LogP contribution in [0.2, 0.25) is 0 Å². The van der Waals surface area contributed by atoms with Crippen molar-refractivity contribution in [2.24, 2.45) is 0 Å². The fourth-order valence-corrected chi connectivity index (χ4v) is 4.28. The van der Waals surface area contributed by atoms with Crippen LogP contribution in [0, 0.1) is 0 Å². The standard InChI is InChI=1S/C22H32N2O2/c1-21(2)12-18(13-22(3,4)24-21)23-14-19(25)15-26-20-10-9-16-7-5-6-8-17(16)11-20/h5-11,18-19,23-25H,12-15H2,1-4H3. The van der Waals surface area contributed by atoms with Gasteiger partial charge >= 0.3 is 0 Å². The lowest BCUT2D eigenvalue weighted by molar-refractivity contribution is 0.0902. The molecule has 1 aliphatic rings. The molecular formula is C22H32N2O2. The van der Waals surface area contributed by atoms with Crippen LogP contribution in [-0.2, 0) is 0 Å². The lowest BCUT2D eigenvalue weighted by atomic mass is 9.79. The van der Waals surface area contributed by atoms with Gasteiger partial charge in [-0.3, -0.25) is 0 Å². The first-order valence-corrected chi connectivity index (χ1v) is 9.55. The van der Waals surface area contributed by atoms with E-state index in [1.54, 1.807) is 0 Å². The predicted molar refractivity (Wildman–Crippen MR) is 108 cm³/mol. The minimum Gasteiger partial charge on any atom is -0.491 e. The molecule has 3 N–H and O–H groups in total.